The molecule has 28 heavy (non-hydrogen) atoms. The second-order valence-electron chi connectivity index (χ2n) is 7.74. The Hall–Kier alpha value is -1.16. The molecule has 0 amide bonds. The van der Waals surface area contributed by atoms with Crippen molar-refractivity contribution in [3.05, 3.63) is 70.7 Å². The molecule has 0 saturated heterocycles. The van der Waals surface area contributed by atoms with Crippen LogP contribution in [0.5, 0.6) is 0 Å². The van der Waals surface area contributed by atoms with Crippen molar-refractivity contribution in [2.75, 3.05) is 13.2 Å². The molecule has 0 saturated carbocycles. The largest absolute Gasteiger partial charge is 0.351 e. The van der Waals surface area contributed by atoms with Gasteiger partial charge in [0.2, 0.25) is 0 Å². The molecule has 0 bridgehead atoms. The lowest BCUT2D eigenvalue weighted by Gasteiger charge is -2.29. The predicted octanol–water partition coefficient (Wildman–Crippen LogP) is 6.67. The quantitative estimate of drug-likeness (QED) is 0.410. The fourth-order valence-electron chi connectivity index (χ4n) is 2.56. The molecule has 2 aromatic rings. The predicted molar refractivity (Wildman–Crippen MR) is 117 cm³/mol. The van der Waals surface area contributed by atoms with Crippen molar-refractivity contribution in [1.82, 2.24) is 5.32 Å². The Labute approximate surface area is 174 Å². The molecule has 2 aromatic carbocycles. The van der Waals surface area contributed by atoms with E-state index in [9.17, 15) is 4.57 Å². The number of benzene rings is 2. The summed E-state index contributed by atoms with van der Waals surface area (Å²) in [6.45, 7) is 9.40. The molecule has 154 valence electrons. The molecule has 0 aliphatic rings. The maximum Gasteiger partial charge on any atom is 0.351 e. The highest BCUT2D eigenvalue weighted by atomic mass is 35.5. The van der Waals surface area contributed by atoms with Gasteiger partial charge < -0.3 is 9.05 Å². The lowest BCUT2D eigenvalue weighted by molar-refractivity contribution is 0.163. The Morgan fingerprint density at radius 1 is 0.893 bits per heavy atom. The summed E-state index contributed by atoms with van der Waals surface area (Å²) in [6.07, 6.45) is 0. The van der Waals surface area contributed by atoms with E-state index in [-0.39, 0.29) is 11.8 Å². The molecule has 1 unspecified atom stereocenters. The third kappa shape index (κ3) is 7.35. The average molecular weight is 424 g/mol. The second kappa shape index (κ2) is 11.1. The van der Waals surface area contributed by atoms with E-state index < -0.39 is 13.4 Å². The van der Waals surface area contributed by atoms with Gasteiger partial charge in [0.15, 0.2) is 0 Å². The molecule has 0 aliphatic heterocycles. The number of nitrogens with one attached hydrogen (secondary N) is 1. The smallest absolute Gasteiger partial charge is 0.307 e. The van der Waals surface area contributed by atoms with E-state index >= 15 is 0 Å². The van der Waals surface area contributed by atoms with Crippen LogP contribution in [0.4, 0.5) is 0 Å². The van der Waals surface area contributed by atoms with Gasteiger partial charge in [-0.25, -0.2) is 0 Å². The third-order valence-electron chi connectivity index (χ3n) is 4.02. The van der Waals surface area contributed by atoms with Crippen LogP contribution in [0.25, 0.3) is 0 Å². The number of hydrogen-bond acceptors (Lipinski definition) is 4. The average Bonchev–Trinajstić information content (AvgIpc) is 2.67. The summed E-state index contributed by atoms with van der Waals surface area (Å²) < 4.78 is 25.7. The molecule has 0 heterocycles. The number of hydrogen-bond donors (Lipinski definition) is 1. The lowest BCUT2D eigenvalue weighted by Crippen LogP contribution is -2.24. The molecular formula is C22H31ClNO3P. The Bertz CT molecular complexity index is 734. The molecule has 0 radical (unpaired) electrons. The van der Waals surface area contributed by atoms with E-state index in [1.807, 2.05) is 70.2 Å². The van der Waals surface area contributed by atoms with E-state index in [2.05, 4.69) is 5.32 Å². The highest BCUT2D eigenvalue weighted by Crippen LogP contribution is 2.60. The zero-order valence-corrected chi connectivity index (χ0v) is 18.7. The highest BCUT2D eigenvalue weighted by Gasteiger charge is 2.37. The highest BCUT2D eigenvalue weighted by molar-refractivity contribution is 7.54. The van der Waals surface area contributed by atoms with Crippen LogP contribution < -0.4 is 5.32 Å². The summed E-state index contributed by atoms with van der Waals surface area (Å²) in [5, 5.41) is 4.03. The van der Waals surface area contributed by atoms with Gasteiger partial charge in [-0.15, -0.1) is 0 Å². The maximum atomic E-state index is 13.9. The van der Waals surface area contributed by atoms with Gasteiger partial charge in [-0.3, -0.25) is 9.88 Å². The summed E-state index contributed by atoms with van der Waals surface area (Å²) in [7, 11) is -3.47. The summed E-state index contributed by atoms with van der Waals surface area (Å²) in [4.78, 5) is 0. The Morgan fingerprint density at radius 2 is 1.43 bits per heavy atom. The van der Waals surface area contributed by atoms with Crippen molar-refractivity contribution in [2.45, 2.75) is 40.0 Å². The first-order valence-corrected chi connectivity index (χ1v) is 11.7. The van der Waals surface area contributed by atoms with Crippen LogP contribution in [0.1, 0.15) is 44.6 Å². The van der Waals surface area contributed by atoms with Crippen molar-refractivity contribution in [2.24, 2.45) is 11.8 Å². The minimum absolute atomic E-state index is 0.246. The van der Waals surface area contributed by atoms with E-state index in [4.69, 9.17) is 20.6 Å². The van der Waals surface area contributed by atoms with Crippen molar-refractivity contribution in [3.63, 3.8) is 0 Å². The van der Waals surface area contributed by atoms with Crippen LogP contribution in [0.2, 0.25) is 5.02 Å². The fraction of sp³-hybridized carbons (Fsp3) is 0.455. The van der Waals surface area contributed by atoms with Gasteiger partial charge in [-0.1, -0.05) is 81.8 Å². The molecule has 0 aromatic heterocycles. The van der Waals surface area contributed by atoms with Crippen LogP contribution in [0.15, 0.2) is 54.6 Å². The monoisotopic (exact) mass is 423 g/mol. The summed E-state index contributed by atoms with van der Waals surface area (Å²) in [5.74, 6) is -0.0885. The van der Waals surface area contributed by atoms with Crippen LogP contribution >= 0.6 is 19.2 Å². The summed E-state index contributed by atoms with van der Waals surface area (Å²) >= 11 is 6.06. The molecule has 4 nitrogen and oxygen atoms in total. The van der Waals surface area contributed by atoms with Crippen molar-refractivity contribution < 1.29 is 13.6 Å². The van der Waals surface area contributed by atoms with Gasteiger partial charge in [0.05, 0.1) is 13.2 Å². The molecule has 0 fully saturated rings. The molecule has 6 heteroatoms. The third-order valence-corrected chi connectivity index (χ3v) is 6.40. The van der Waals surface area contributed by atoms with Crippen molar-refractivity contribution in [1.29, 1.82) is 0 Å². The first-order valence-electron chi connectivity index (χ1n) is 9.71. The van der Waals surface area contributed by atoms with E-state index in [1.54, 1.807) is 12.1 Å². The van der Waals surface area contributed by atoms with Crippen molar-refractivity contribution >= 4 is 19.2 Å². The van der Waals surface area contributed by atoms with Crippen LogP contribution in [0, 0.1) is 11.8 Å². The number of halogens is 1. The topological polar surface area (TPSA) is 47.6 Å². The van der Waals surface area contributed by atoms with Gasteiger partial charge in [0, 0.05) is 11.6 Å². The lowest BCUT2D eigenvalue weighted by atomic mass is 10.2. The molecule has 1 N–H and O–H groups in total. The zero-order valence-electron chi connectivity index (χ0n) is 17.1. The first kappa shape index (κ1) is 23.1. The first-order chi connectivity index (χ1) is 13.3. The van der Waals surface area contributed by atoms with Gasteiger partial charge in [0.25, 0.3) is 0 Å². The zero-order chi connectivity index (χ0) is 20.6. The van der Waals surface area contributed by atoms with Crippen LogP contribution in [0.3, 0.4) is 0 Å². The van der Waals surface area contributed by atoms with Crippen LogP contribution in [-0.4, -0.2) is 13.2 Å². The Kier molecular flexibility index (Phi) is 9.20. The van der Waals surface area contributed by atoms with Gasteiger partial charge in [0.1, 0.15) is 5.78 Å². The maximum absolute atomic E-state index is 13.9. The van der Waals surface area contributed by atoms with Crippen molar-refractivity contribution in [3.8, 4) is 0 Å². The molecule has 1 atom stereocenters. The summed E-state index contributed by atoms with van der Waals surface area (Å²) in [5.41, 5.74) is 1.93. The molecule has 0 spiro atoms. The Balaban J connectivity index is 2.32. The van der Waals surface area contributed by atoms with E-state index in [0.29, 0.717) is 24.8 Å². The number of rotatable bonds is 11. The molecule has 0 aliphatic carbocycles. The minimum Gasteiger partial charge on any atom is -0.307 e. The van der Waals surface area contributed by atoms with Gasteiger partial charge in [-0.2, -0.15) is 0 Å². The van der Waals surface area contributed by atoms with E-state index in [1.165, 1.54) is 0 Å². The van der Waals surface area contributed by atoms with E-state index in [0.717, 1.165) is 11.1 Å². The van der Waals surface area contributed by atoms with Gasteiger partial charge in [-0.05, 0) is 35.1 Å². The normalized spacial score (nSPS) is 13.2. The minimum atomic E-state index is -3.47. The second-order valence-corrected chi connectivity index (χ2v) is 10.3. The summed E-state index contributed by atoms with van der Waals surface area (Å²) in [6, 6.07) is 17.3. The van der Waals surface area contributed by atoms with Crippen LogP contribution in [-0.2, 0) is 20.2 Å². The standard InChI is InChI=1S/C22H31ClNO3P/c1-17(2)15-26-28(25,27-16-18(3)4)22(20-10-12-21(23)13-11-20)24-14-19-8-6-5-7-9-19/h5-13,17-18,22,24H,14-16H2,1-4H3. The fourth-order valence-corrected chi connectivity index (χ4v) is 4.92. The Morgan fingerprint density at radius 3 is 1.93 bits per heavy atom. The molecular weight excluding hydrogens is 393 g/mol. The molecule has 2 rings (SSSR count). The van der Waals surface area contributed by atoms with Gasteiger partial charge >= 0.3 is 7.60 Å². The SMILES string of the molecule is CC(C)COP(=O)(OCC(C)C)C(NCc1ccccc1)c1ccc(Cl)cc1.